The van der Waals surface area contributed by atoms with Crippen molar-refractivity contribution in [1.29, 1.82) is 0 Å². The van der Waals surface area contributed by atoms with Gasteiger partial charge < -0.3 is 4.90 Å². The molecule has 0 radical (unpaired) electrons. The van der Waals surface area contributed by atoms with Crippen LogP contribution in [-0.2, 0) is 4.79 Å². The van der Waals surface area contributed by atoms with Crippen LogP contribution in [0.25, 0.3) is 0 Å². The molecule has 1 fully saturated rings. The molecule has 1 aliphatic rings. The molecule has 0 N–H and O–H groups in total. The minimum Gasteiger partial charge on any atom is -0.342 e. The summed E-state index contributed by atoms with van der Waals surface area (Å²) in [5.41, 5.74) is -0.211. The summed E-state index contributed by atoms with van der Waals surface area (Å²) >= 11 is 0. The van der Waals surface area contributed by atoms with Crippen LogP contribution in [0.15, 0.2) is 0 Å². The first-order valence-electron chi connectivity index (χ1n) is 5.20. The molecule has 1 amide bonds. The fraction of sp³-hybridized carbons (Fsp3) is 0.909. The van der Waals surface area contributed by atoms with Crippen LogP contribution in [0, 0.1) is 11.3 Å². The quantitative estimate of drug-likeness (QED) is 0.564. The minimum absolute atomic E-state index is 0.211. The van der Waals surface area contributed by atoms with E-state index >= 15 is 0 Å². The van der Waals surface area contributed by atoms with Crippen molar-refractivity contribution in [1.82, 2.24) is 4.90 Å². The second kappa shape index (κ2) is 3.69. The predicted molar refractivity (Wildman–Crippen MR) is 54.4 cm³/mol. The lowest BCUT2D eigenvalue weighted by Crippen LogP contribution is -2.44. The molecule has 0 unspecified atom stereocenters. The van der Waals surface area contributed by atoms with Gasteiger partial charge in [0.05, 0.1) is 0 Å². The van der Waals surface area contributed by atoms with Crippen LogP contribution in [-0.4, -0.2) is 23.9 Å². The van der Waals surface area contributed by atoms with Gasteiger partial charge in [-0.3, -0.25) is 4.79 Å². The molecule has 2 heteroatoms. The molecular weight excluding hydrogens is 162 g/mol. The summed E-state index contributed by atoms with van der Waals surface area (Å²) in [7, 11) is 0. The zero-order valence-corrected chi connectivity index (χ0v) is 9.26. The number of piperidine rings is 1. The number of hydrogen-bond acceptors (Lipinski definition) is 1. The molecule has 1 atom stereocenters. The number of carbonyl (C=O) groups is 1. The van der Waals surface area contributed by atoms with Gasteiger partial charge in [-0.05, 0) is 18.8 Å². The lowest BCUT2D eigenvalue weighted by molar-refractivity contribution is -0.141. The molecule has 2 nitrogen and oxygen atoms in total. The van der Waals surface area contributed by atoms with E-state index in [-0.39, 0.29) is 5.41 Å². The van der Waals surface area contributed by atoms with Gasteiger partial charge in [-0.2, -0.15) is 0 Å². The highest BCUT2D eigenvalue weighted by atomic mass is 16.2. The van der Waals surface area contributed by atoms with Crippen LogP contribution in [0.2, 0.25) is 0 Å². The molecule has 0 spiro atoms. The number of amides is 1. The summed E-state index contributed by atoms with van der Waals surface area (Å²) in [6.07, 6.45) is 2.44. The Morgan fingerprint density at radius 1 is 1.38 bits per heavy atom. The molecule has 0 aromatic carbocycles. The maximum atomic E-state index is 11.9. The third kappa shape index (κ3) is 2.71. The molecular formula is C11H21NO. The Morgan fingerprint density at radius 2 is 2.00 bits per heavy atom. The van der Waals surface area contributed by atoms with Gasteiger partial charge in [0.25, 0.3) is 0 Å². The molecule has 0 aromatic rings. The van der Waals surface area contributed by atoms with Crippen molar-refractivity contribution in [2.75, 3.05) is 13.1 Å². The Labute approximate surface area is 81.3 Å². The highest BCUT2D eigenvalue weighted by molar-refractivity contribution is 5.81. The summed E-state index contributed by atoms with van der Waals surface area (Å²) in [5, 5.41) is 0. The molecule has 1 heterocycles. The van der Waals surface area contributed by atoms with Gasteiger partial charge >= 0.3 is 0 Å². The van der Waals surface area contributed by atoms with Gasteiger partial charge in [0.2, 0.25) is 5.91 Å². The van der Waals surface area contributed by atoms with Crippen molar-refractivity contribution in [3.8, 4) is 0 Å². The topological polar surface area (TPSA) is 20.3 Å². The highest BCUT2D eigenvalue weighted by Gasteiger charge is 2.29. The molecule has 0 saturated carbocycles. The summed E-state index contributed by atoms with van der Waals surface area (Å²) in [5.74, 6) is 0.985. The average Bonchev–Trinajstić information content (AvgIpc) is 2.01. The molecule has 76 valence electrons. The van der Waals surface area contributed by atoms with Gasteiger partial charge in [0.1, 0.15) is 0 Å². The summed E-state index contributed by atoms with van der Waals surface area (Å²) in [4.78, 5) is 13.9. The Bertz CT molecular complexity index is 193. The monoisotopic (exact) mass is 183 g/mol. The lowest BCUT2D eigenvalue weighted by Gasteiger charge is -2.35. The van der Waals surface area contributed by atoms with E-state index in [2.05, 4.69) is 6.92 Å². The highest BCUT2D eigenvalue weighted by Crippen LogP contribution is 2.22. The largest absolute Gasteiger partial charge is 0.342 e. The molecule has 1 saturated heterocycles. The Kier molecular flexibility index (Phi) is 2.99. The van der Waals surface area contributed by atoms with Crippen molar-refractivity contribution < 1.29 is 4.79 Å². The van der Waals surface area contributed by atoms with Crippen LogP contribution in [0.1, 0.15) is 40.5 Å². The SMILES string of the molecule is C[C@@H]1CCCN(C(=O)C(C)(C)C)C1. The maximum absolute atomic E-state index is 11.9. The third-order valence-electron chi connectivity index (χ3n) is 2.59. The molecule has 1 aliphatic heterocycles. The van der Waals surface area contributed by atoms with Crippen LogP contribution in [0.4, 0.5) is 0 Å². The Hall–Kier alpha value is -0.530. The number of hydrogen-bond donors (Lipinski definition) is 0. The first-order valence-corrected chi connectivity index (χ1v) is 5.20. The molecule has 0 aromatic heterocycles. The van der Waals surface area contributed by atoms with Gasteiger partial charge in [-0.1, -0.05) is 27.7 Å². The van der Waals surface area contributed by atoms with E-state index in [1.807, 2.05) is 25.7 Å². The molecule has 13 heavy (non-hydrogen) atoms. The van der Waals surface area contributed by atoms with E-state index in [0.29, 0.717) is 11.8 Å². The number of carbonyl (C=O) groups excluding carboxylic acids is 1. The van der Waals surface area contributed by atoms with Gasteiger partial charge in [-0.15, -0.1) is 0 Å². The first kappa shape index (κ1) is 10.6. The summed E-state index contributed by atoms with van der Waals surface area (Å²) in [6.45, 7) is 10.1. The van der Waals surface area contributed by atoms with Crippen molar-refractivity contribution >= 4 is 5.91 Å². The van der Waals surface area contributed by atoms with E-state index in [0.717, 1.165) is 13.1 Å². The van der Waals surface area contributed by atoms with Gasteiger partial charge in [0.15, 0.2) is 0 Å². The lowest BCUT2D eigenvalue weighted by atomic mass is 9.92. The molecule has 0 aliphatic carbocycles. The van der Waals surface area contributed by atoms with E-state index < -0.39 is 0 Å². The third-order valence-corrected chi connectivity index (χ3v) is 2.59. The number of rotatable bonds is 0. The van der Waals surface area contributed by atoms with Crippen molar-refractivity contribution in [2.45, 2.75) is 40.5 Å². The zero-order chi connectivity index (χ0) is 10.1. The average molecular weight is 183 g/mol. The molecule has 0 bridgehead atoms. The fourth-order valence-corrected chi connectivity index (χ4v) is 1.85. The predicted octanol–water partition coefficient (Wildman–Crippen LogP) is 2.29. The fourth-order valence-electron chi connectivity index (χ4n) is 1.85. The molecule has 1 rings (SSSR count). The summed E-state index contributed by atoms with van der Waals surface area (Å²) in [6, 6.07) is 0. The van der Waals surface area contributed by atoms with Gasteiger partial charge in [0, 0.05) is 18.5 Å². The number of likely N-dealkylation sites (tertiary alicyclic amines) is 1. The van der Waals surface area contributed by atoms with Crippen LogP contribution in [0.5, 0.6) is 0 Å². The zero-order valence-electron chi connectivity index (χ0n) is 9.26. The van der Waals surface area contributed by atoms with E-state index in [9.17, 15) is 4.79 Å². The van der Waals surface area contributed by atoms with Gasteiger partial charge in [-0.25, -0.2) is 0 Å². The van der Waals surface area contributed by atoms with Crippen LogP contribution in [0.3, 0.4) is 0 Å². The Balaban J connectivity index is 2.56. The van der Waals surface area contributed by atoms with E-state index in [4.69, 9.17) is 0 Å². The van der Waals surface area contributed by atoms with E-state index in [1.165, 1.54) is 12.8 Å². The Morgan fingerprint density at radius 3 is 2.46 bits per heavy atom. The van der Waals surface area contributed by atoms with Crippen molar-refractivity contribution in [3.63, 3.8) is 0 Å². The normalized spacial score (nSPS) is 24.6. The second-order valence-corrected chi connectivity index (χ2v) is 5.25. The number of nitrogens with zero attached hydrogens (tertiary/aromatic N) is 1. The summed E-state index contributed by atoms with van der Waals surface area (Å²) < 4.78 is 0. The van der Waals surface area contributed by atoms with Crippen LogP contribution >= 0.6 is 0 Å². The minimum atomic E-state index is -0.211. The van der Waals surface area contributed by atoms with Crippen molar-refractivity contribution in [2.24, 2.45) is 11.3 Å². The van der Waals surface area contributed by atoms with Crippen LogP contribution < -0.4 is 0 Å². The standard InChI is InChI=1S/C11H21NO/c1-9-6-5-7-12(8-9)10(13)11(2,3)4/h9H,5-8H2,1-4H3/t9-/m1/s1. The second-order valence-electron chi connectivity index (χ2n) is 5.25. The maximum Gasteiger partial charge on any atom is 0.227 e. The van der Waals surface area contributed by atoms with Crippen molar-refractivity contribution in [3.05, 3.63) is 0 Å². The van der Waals surface area contributed by atoms with E-state index in [1.54, 1.807) is 0 Å². The first-order chi connectivity index (χ1) is 5.91. The smallest absolute Gasteiger partial charge is 0.227 e.